The number of H-pyrrole nitrogens is 2. The number of aromatic nitrogens is 4. The average Bonchev–Trinajstić information content (AvgIpc) is 3.48. The second kappa shape index (κ2) is 6.80. The normalized spacial score (nSPS) is 12.0. The zero-order valence-electron chi connectivity index (χ0n) is 18.1. The quantitative estimate of drug-likeness (QED) is 0.272. The van der Waals surface area contributed by atoms with Crippen molar-refractivity contribution in [2.45, 2.75) is 19.8 Å². The van der Waals surface area contributed by atoms with E-state index in [1.165, 1.54) is 0 Å². The fourth-order valence-electron chi connectivity index (χ4n) is 4.22. The lowest BCUT2D eigenvalue weighted by Crippen LogP contribution is -2.07. The van der Waals surface area contributed by atoms with E-state index in [-0.39, 0.29) is 5.92 Å². The summed E-state index contributed by atoms with van der Waals surface area (Å²) in [6, 6.07) is 6.94. The van der Waals surface area contributed by atoms with Gasteiger partial charge in [0.2, 0.25) is 0 Å². The molecule has 4 heterocycles. The molecule has 0 saturated heterocycles. The molecule has 9 heteroatoms. The number of anilines is 1. The van der Waals surface area contributed by atoms with E-state index in [0.29, 0.717) is 55.5 Å². The summed E-state index contributed by atoms with van der Waals surface area (Å²) in [5.41, 5.74) is 2.39. The molecule has 0 fully saturated rings. The van der Waals surface area contributed by atoms with E-state index in [1.807, 2.05) is 13.8 Å². The van der Waals surface area contributed by atoms with Gasteiger partial charge < -0.3 is 24.1 Å². The maximum atomic E-state index is 13.0. The Morgan fingerprint density at radius 2 is 1.39 bits per heavy atom. The van der Waals surface area contributed by atoms with Crippen LogP contribution >= 0.6 is 0 Å². The van der Waals surface area contributed by atoms with Gasteiger partial charge in [0.25, 0.3) is 0 Å². The first-order valence-corrected chi connectivity index (χ1v) is 10.5. The molecule has 33 heavy (non-hydrogen) atoms. The van der Waals surface area contributed by atoms with Gasteiger partial charge in [0.05, 0.1) is 39.9 Å². The number of imidazole rings is 2. The Bertz CT molecular complexity index is 1710. The average molecular weight is 441 g/mol. The molecule has 4 aromatic heterocycles. The van der Waals surface area contributed by atoms with Crippen LogP contribution in [0.1, 0.15) is 25.6 Å². The standard InChI is InChI=1S/C24H19N5O4/c1-10(2)21-26-8-15(28-21)12-6-17-20-18(7-12)33-23(31)14-5-11(16-9-27-24(25-3)29-16)4-13(19(14)20)22(30)32-17/h4-10H,1-3H3,(H,26,28)(H2,25,27,29). The van der Waals surface area contributed by atoms with Gasteiger partial charge in [-0.1, -0.05) is 13.8 Å². The summed E-state index contributed by atoms with van der Waals surface area (Å²) in [4.78, 5) is 41.0. The van der Waals surface area contributed by atoms with Crippen molar-refractivity contribution < 1.29 is 8.83 Å². The van der Waals surface area contributed by atoms with Crippen LogP contribution in [0.25, 0.3) is 55.2 Å². The molecule has 2 aromatic carbocycles. The third kappa shape index (κ3) is 2.85. The fraction of sp³-hybridized carbons (Fsp3) is 0.167. The molecular weight excluding hydrogens is 422 g/mol. The minimum atomic E-state index is -0.528. The van der Waals surface area contributed by atoms with Crippen LogP contribution in [0.15, 0.2) is 55.1 Å². The van der Waals surface area contributed by atoms with Crippen LogP contribution in [0.3, 0.4) is 0 Å². The van der Waals surface area contributed by atoms with E-state index in [9.17, 15) is 9.59 Å². The highest BCUT2D eigenvalue weighted by Crippen LogP contribution is 2.36. The Hall–Kier alpha value is -4.40. The molecule has 0 saturated carbocycles. The fourth-order valence-corrected chi connectivity index (χ4v) is 4.22. The highest BCUT2D eigenvalue weighted by atomic mass is 16.4. The van der Waals surface area contributed by atoms with Gasteiger partial charge in [0.1, 0.15) is 17.0 Å². The molecule has 0 atom stereocenters. The van der Waals surface area contributed by atoms with E-state index in [2.05, 4.69) is 25.3 Å². The lowest BCUT2D eigenvalue weighted by atomic mass is 9.98. The number of hydrogen-bond donors (Lipinski definition) is 3. The first kappa shape index (κ1) is 19.3. The first-order valence-electron chi connectivity index (χ1n) is 10.5. The zero-order valence-corrected chi connectivity index (χ0v) is 18.1. The molecule has 0 bridgehead atoms. The van der Waals surface area contributed by atoms with Crippen LogP contribution in [0.4, 0.5) is 5.95 Å². The smallest absolute Gasteiger partial charge is 0.344 e. The van der Waals surface area contributed by atoms with Crippen LogP contribution in [0, 0.1) is 0 Å². The molecule has 0 spiro atoms. The maximum absolute atomic E-state index is 13.0. The minimum Gasteiger partial charge on any atom is -0.422 e. The number of nitrogens with one attached hydrogen (secondary N) is 3. The van der Waals surface area contributed by atoms with Crippen molar-refractivity contribution in [1.82, 2.24) is 19.9 Å². The van der Waals surface area contributed by atoms with Gasteiger partial charge in [-0.05, 0) is 24.3 Å². The van der Waals surface area contributed by atoms with Crippen molar-refractivity contribution in [3.63, 3.8) is 0 Å². The highest BCUT2D eigenvalue weighted by molar-refractivity contribution is 6.20. The van der Waals surface area contributed by atoms with Gasteiger partial charge in [-0.2, -0.15) is 0 Å². The van der Waals surface area contributed by atoms with Crippen LogP contribution < -0.4 is 16.6 Å². The summed E-state index contributed by atoms with van der Waals surface area (Å²) in [6.45, 7) is 4.08. The summed E-state index contributed by atoms with van der Waals surface area (Å²) in [6.07, 6.45) is 3.35. The summed E-state index contributed by atoms with van der Waals surface area (Å²) in [7, 11) is 1.74. The van der Waals surface area contributed by atoms with Crippen LogP contribution in [-0.4, -0.2) is 27.0 Å². The second-order valence-electron chi connectivity index (χ2n) is 8.31. The summed E-state index contributed by atoms with van der Waals surface area (Å²) in [5.74, 6) is 1.64. The number of rotatable bonds is 4. The Labute approximate surface area is 185 Å². The SMILES string of the molecule is CNc1ncc(-c2cc3c(=O)oc4cc(-c5cnc(C(C)C)[nH]5)cc5oc(=O)c(c2)c3c45)[nH]1. The highest BCUT2D eigenvalue weighted by Gasteiger charge is 2.21. The zero-order chi connectivity index (χ0) is 22.9. The van der Waals surface area contributed by atoms with Crippen molar-refractivity contribution in [3.05, 3.63) is 63.3 Å². The molecule has 0 unspecified atom stereocenters. The van der Waals surface area contributed by atoms with E-state index >= 15 is 0 Å². The van der Waals surface area contributed by atoms with Gasteiger partial charge in [0.15, 0.2) is 5.95 Å². The largest absolute Gasteiger partial charge is 0.422 e. The van der Waals surface area contributed by atoms with Crippen molar-refractivity contribution in [2.24, 2.45) is 0 Å². The molecule has 6 aromatic rings. The summed E-state index contributed by atoms with van der Waals surface area (Å²) < 4.78 is 11.4. The van der Waals surface area contributed by atoms with Gasteiger partial charge in [-0.25, -0.2) is 19.6 Å². The number of hydrogen-bond acceptors (Lipinski definition) is 7. The van der Waals surface area contributed by atoms with Crippen LogP contribution in [0.5, 0.6) is 0 Å². The summed E-state index contributed by atoms with van der Waals surface area (Å²) in [5, 5.41) is 4.66. The van der Waals surface area contributed by atoms with E-state index in [0.717, 1.165) is 11.5 Å². The van der Waals surface area contributed by atoms with E-state index in [4.69, 9.17) is 8.83 Å². The van der Waals surface area contributed by atoms with Crippen LogP contribution in [0.2, 0.25) is 0 Å². The van der Waals surface area contributed by atoms with Gasteiger partial charge in [0, 0.05) is 29.5 Å². The molecule has 0 radical (unpaired) electrons. The number of aromatic amines is 2. The van der Waals surface area contributed by atoms with Gasteiger partial charge >= 0.3 is 11.3 Å². The second-order valence-corrected chi connectivity index (χ2v) is 8.31. The molecule has 9 nitrogen and oxygen atoms in total. The Kier molecular flexibility index (Phi) is 3.97. The molecule has 0 aliphatic carbocycles. The Morgan fingerprint density at radius 1 is 0.818 bits per heavy atom. The molecular formula is C24H19N5O4. The van der Waals surface area contributed by atoms with E-state index < -0.39 is 11.3 Å². The lowest BCUT2D eigenvalue weighted by Gasteiger charge is -2.10. The maximum Gasteiger partial charge on any atom is 0.344 e. The van der Waals surface area contributed by atoms with Gasteiger partial charge in [-0.3, -0.25) is 0 Å². The number of benzene rings is 2. The minimum absolute atomic E-state index is 0.230. The van der Waals surface area contributed by atoms with Crippen molar-refractivity contribution in [1.29, 1.82) is 0 Å². The topological polar surface area (TPSA) is 130 Å². The van der Waals surface area contributed by atoms with Gasteiger partial charge in [-0.15, -0.1) is 0 Å². The molecule has 0 amide bonds. The van der Waals surface area contributed by atoms with Crippen molar-refractivity contribution >= 4 is 38.7 Å². The monoisotopic (exact) mass is 441 g/mol. The van der Waals surface area contributed by atoms with Crippen molar-refractivity contribution in [2.75, 3.05) is 12.4 Å². The van der Waals surface area contributed by atoms with Crippen LogP contribution in [-0.2, 0) is 0 Å². The van der Waals surface area contributed by atoms with E-state index in [1.54, 1.807) is 43.7 Å². The molecule has 6 rings (SSSR count). The predicted octanol–water partition coefficient (Wildman–Crippen LogP) is 4.44. The third-order valence-corrected chi connectivity index (χ3v) is 5.88. The number of nitrogens with zero attached hydrogens (tertiary/aromatic N) is 2. The summed E-state index contributed by atoms with van der Waals surface area (Å²) >= 11 is 0. The van der Waals surface area contributed by atoms with Crippen molar-refractivity contribution in [3.8, 4) is 22.5 Å². The first-order chi connectivity index (χ1) is 15.9. The third-order valence-electron chi connectivity index (χ3n) is 5.88. The molecule has 0 aliphatic rings. The molecule has 3 N–H and O–H groups in total. The lowest BCUT2D eigenvalue weighted by molar-refractivity contribution is 0.557. The molecule has 164 valence electrons. The predicted molar refractivity (Wildman–Crippen MR) is 126 cm³/mol. The molecule has 0 aliphatic heterocycles. The Balaban J connectivity index is 1.65. The Morgan fingerprint density at radius 3 is 1.94 bits per heavy atom.